The first kappa shape index (κ1) is 9.15. The Morgan fingerprint density at radius 2 is 2.24 bits per heavy atom. The molecule has 0 amide bonds. The second kappa shape index (κ2) is 3.29. The predicted molar refractivity (Wildman–Crippen MR) is 57.9 cm³/mol. The van der Waals surface area contributed by atoms with Gasteiger partial charge in [-0.25, -0.2) is 4.98 Å². The molecule has 3 unspecified atom stereocenters. The first-order chi connectivity index (χ1) is 8.40. The Bertz CT molecular complexity index is 558. The first-order valence-corrected chi connectivity index (χ1v) is 5.80. The van der Waals surface area contributed by atoms with Crippen LogP contribution >= 0.6 is 0 Å². The average molecular weight is 229 g/mol. The summed E-state index contributed by atoms with van der Waals surface area (Å²) in [6.45, 7) is 0. The zero-order valence-electron chi connectivity index (χ0n) is 9.11. The number of hydrogen-bond acceptors (Lipinski definition) is 5. The summed E-state index contributed by atoms with van der Waals surface area (Å²) < 4.78 is 10.3. The molecule has 1 saturated carbocycles. The van der Waals surface area contributed by atoms with Crippen molar-refractivity contribution in [2.24, 2.45) is 11.8 Å². The van der Waals surface area contributed by atoms with Crippen molar-refractivity contribution < 1.29 is 8.94 Å². The van der Waals surface area contributed by atoms with E-state index in [4.69, 9.17) is 8.94 Å². The second-order valence-electron chi connectivity index (χ2n) is 4.72. The molecule has 2 aromatic rings. The predicted octanol–water partition coefficient (Wildman–Crippen LogP) is 2.40. The number of rotatable bonds is 2. The van der Waals surface area contributed by atoms with Gasteiger partial charge in [0.25, 0.3) is 0 Å². The Morgan fingerprint density at radius 3 is 2.94 bits per heavy atom. The van der Waals surface area contributed by atoms with Crippen LogP contribution in [0.5, 0.6) is 0 Å². The molecule has 2 aliphatic rings. The summed E-state index contributed by atoms with van der Waals surface area (Å²) in [4.78, 5) is 8.43. The molecule has 4 rings (SSSR count). The lowest BCUT2D eigenvalue weighted by atomic mass is 9.94. The highest BCUT2D eigenvalue weighted by atomic mass is 16.5. The maximum Gasteiger partial charge on any atom is 0.230 e. The molecule has 0 aromatic carbocycles. The van der Waals surface area contributed by atoms with Crippen molar-refractivity contribution in [3.05, 3.63) is 30.7 Å². The molecule has 2 bridgehead atoms. The number of aromatic nitrogens is 3. The third-order valence-electron chi connectivity index (χ3n) is 3.70. The molecule has 5 nitrogen and oxygen atoms in total. The number of fused-ring (bicyclic) bond motifs is 2. The van der Waals surface area contributed by atoms with Crippen LogP contribution in [0.2, 0.25) is 0 Å². The van der Waals surface area contributed by atoms with Crippen molar-refractivity contribution in [2.45, 2.75) is 18.8 Å². The van der Waals surface area contributed by atoms with Gasteiger partial charge in [0.2, 0.25) is 11.7 Å². The number of allylic oxidation sites excluding steroid dienone is 2. The Morgan fingerprint density at radius 1 is 1.24 bits per heavy atom. The van der Waals surface area contributed by atoms with Gasteiger partial charge in [0.1, 0.15) is 12.0 Å². The summed E-state index contributed by atoms with van der Waals surface area (Å²) in [5, 5.41) is 3.95. The molecule has 0 radical (unpaired) electrons. The van der Waals surface area contributed by atoms with E-state index in [2.05, 4.69) is 27.3 Å². The fourth-order valence-corrected chi connectivity index (χ4v) is 2.88. The molecular weight excluding hydrogens is 218 g/mol. The van der Waals surface area contributed by atoms with Crippen molar-refractivity contribution >= 4 is 0 Å². The van der Waals surface area contributed by atoms with Crippen LogP contribution in [-0.4, -0.2) is 15.1 Å². The summed E-state index contributed by atoms with van der Waals surface area (Å²) in [6, 6.07) is 0. The van der Waals surface area contributed by atoms with Crippen LogP contribution in [0.4, 0.5) is 0 Å². The minimum atomic E-state index is 0.387. The van der Waals surface area contributed by atoms with Crippen molar-refractivity contribution in [3.8, 4) is 11.5 Å². The van der Waals surface area contributed by atoms with Gasteiger partial charge in [0, 0.05) is 5.92 Å². The quantitative estimate of drug-likeness (QED) is 0.740. The molecular formula is C12H11N3O2. The topological polar surface area (TPSA) is 65.0 Å². The minimum Gasteiger partial charge on any atom is -0.451 e. The summed E-state index contributed by atoms with van der Waals surface area (Å²) in [6.07, 6.45) is 9.82. The smallest absolute Gasteiger partial charge is 0.230 e. The Balaban J connectivity index is 1.66. The molecule has 2 aromatic heterocycles. The molecule has 2 heterocycles. The summed E-state index contributed by atoms with van der Waals surface area (Å²) in [7, 11) is 0. The highest BCUT2D eigenvalue weighted by Crippen LogP contribution is 2.48. The summed E-state index contributed by atoms with van der Waals surface area (Å²) >= 11 is 0. The molecule has 17 heavy (non-hydrogen) atoms. The van der Waals surface area contributed by atoms with Gasteiger partial charge in [-0.1, -0.05) is 17.3 Å². The monoisotopic (exact) mass is 229 g/mol. The van der Waals surface area contributed by atoms with Crippen LogP contribution in [0.15, 0.2) is 33.7 Å². The van der Waals surface area contributed by atoms with Crippen LogP contribution in [0.1, 0.15) is 24.7 Å². The molecule has 86 valence electrons. The second-order valence-corrected chi connectivity index (χ2v) is 4.72. The van der Waals surface area contributed by atoms with Gasteiger partial charge in [-0.3, -0.25) is 0 Å². The molecule has 0 aliphatic heterocycles. The highest BCUT2D eigenvalue weighted by Gasteiger charge is 2.39. The van der Waals surface area contributed by atoms with E-state index in [1.54, 1.807) is 0 Å². The lowest BCUT2D eigenvalue weighted by Crippen LogP contribution is -2.05. The molecule has 0 spiro atoms. The summed E-state index contributed by atoms with van der Waals surface area (Å²) in [5.74, 6) is 2.91. The van der Waals surface area contributed by atoms with Gasteiger partial charge in [-0.2, -0.15) is 4.98 Å². The SMILES string of the molecule is C1=CC2CC1CC2c1nc(-c2cocn2)no1. The van der Waals surface area contributed by atoms with Crippen molar-refractivity contribution in [3.63, 3.8) is 0 Å². The van der Waals surface area contributed by atoms with Gasteiger partial charge in [0.15, 0.2) is 6.39 Å². The fourth-order valence-electron chi connectivity index (χ4n) is 2.88. The first-order valence-electron chi connectivity index (χ1n) is 5.80. The van der Waals surface area contributed by atoms with E-state index in [1.807, 2.05) is 0 Å². The highest BCUT2D eigenvalue weighted by molar-refractivity contribution is 5.45. The fraction of sp³-hybridized carbons (Fsp3) is 0.417. The maximum absolute atomic E-state index is 5.35. The molecule has 0 N–H and O–H groups in total. The van der Waals surface area contributed by atoms with Crippen LogP contribution in [0.3, 0.4) is 0 Å². The van der Waals surface area contributed by atoms with Crippen molar-refractivity contribution in [1.82, 2.24) is 15.1 Å². The van der Waals surface area contributed by atoms with E-state index >= 15 is 0 Å². The van der Waals surface area contributed by atoms with Crippen molar-refractivity contribution in [1.29, 1.82) is 0 Å². The lowest BCUT2D eigenvalue weighted by molar-refractivity contribution is 0.337. The number of hydrogen-bond donors (Lipinski definition) is 0. The van der Waals surface area contributed by atoms with Gasteiger partial charge in [-0.05, 0) is 24.7 Å². The number of oxazole rings is 1. The molecule has 2 aliphatic carbocycles. The maximum atomic E-state index is 5.35. The zero-order valence-corrected chi connectivity index (χ0v) is 9.11. The minimum absolute atomic E-state index is 0.387. The molecule has 5 heteroatoms. The van der Waals surface area contributed by atoms with Gasteiger partial charge < -0.3 is 8.94 Å². The Labute approximate surface area is 97.5 Å². The van der Waals surface area contributed by atoms with E-state index in [0.717, 1.165) is 12.3 Å². The Hall–Kier alpha value is -1.91. The third kappa shape index (κ3) is 1.35. The molecule has 0 saturated heterocycles. The standard InChI is InChI=1S/C12H11N3O2/c1-2-8-3-7(1)4-9(8)12-14-11(15-17-12)10-5-16-6-13-10/h1-2,5-9H,3-4H2. The largest absolute Gasteiger partial charge is 0.451 e. The molecule has 3 atom stereocenters. The Kier molecular flexibility index (Phi) is 1.77. The normalized spacial score (nSPS) is 30.2. The number of nitrogens with zero attached hydrogens (tertiary/aromatic N) is 3. The van der Waals surface area contributed by atoms with Crippen LogP contribution in [0.25, 0.3) is 11.5 Å². The van der Waals surface area contributed by atoms with Crippen molar-refractivity contribution in [2.75, 3.05) is 0 Å². The van der Waals surface area contributed by atoms with E-state index in [-0.39, 0.29) is 0 Å². The zero-order chi connectivity index (χ0) is 11.2. The van der Waals surface area contributed by atoms with E-state index in [1.165, 1.54) is 19.1 Å². The van der Waals surface area contributed by atoms with Gasteiger partial charge >= 0.3 is 0 Å². The molecule has 1 fully saturated rings. The van der Waals surface area contributed by atoms with Gasteiger partial charge in [0.05, 0.1) is 0 Å². The lowest BCUT2D eigenvalue weighted by Gasteiger charge is -2.12. The summed E-state index contributed by atoms with van der Waals surface area (Å²) in [5.41, 5.74) is 0.624. The van der Waals surface area contributed by atoms with Gasteiger partial charge in [-0.15, -0.1) is 0 Å². The van der Waals surface area contributed by atoms with Crippen LogP contribution < -0.4 is 0 Å². The van der Waals surface area contributed by atoms with Crippen LogP contribution in [0, 0.1) is 11.8 Å². The van der Waals surface area contributed by atoms with E-state index in [0.29, 0.717) is 29.3 Å². The van der Waals surface area contributed by atoms with E-state index < -0.39 is 0 Å². The van der Waals surface area contributed by atoms with Crippen LogP contribution in [-0.2, 0) is 0 Å². The van der Waals surface area contributed by atoms with E-state index in [9.17, 15) is 0 Å². The third-order valence-corrected chi connectivity index (χ3v) is 3.70. The average Bonchev–Trinajstić information content (AvgIpc) is 3.12.